The van der Waals surface area contributed by atoms with Crippen LogP contribution in [0.2, 0.25) is 0 Å². The van der Waals surface area contributed by atoms with Crippen molar-refractivity contribution >= 4 is 5.97 Å². The molecule has 0 atom stereocenters. The number of carbonyl (C=O) groups is 1. The van der Waals surface area contributed by atoms with E-state index in [0.717, 1.165) is 6.08 Å². The molecule has 0 bridgehead atoms. The average molecular weight is 182 g/mol. The molecule has 12 heavy (non-hydrogen) atoms. The van der Waals surface area contributed by atoms with Crippen LogP contribution in [0.3, 0.4) is 0 Å². The Morgan fingerprint density at radius 1 is 1.42 bits per heavy atom. The van der Waals surface area contributed by atoms with Crippen LogP contribution in [-0.2, 0) is 9.53 Å². The maximum atomic E-state index is 11.5. The fourth-order valence-electron chi connectivity index (χ4n) is 0.430. The van der Waals surface area contributed by atoms with Crippen LogP contribution in [0.5, 0.6) is 0 Å². The van der Waals surface area contributed by atoms with Gasteiger partial charge in [-0.3, -0.25) is 0 Å². The van der Waals surface area contributed by atoms with Crippen molar-refractivity contribution in [1.82, 2.24) is 0 Å². The van der Waals surface area contributed by atoms with E-state index in [1.807, 2.05) is 0 Å². The lowest BCUT2D eigenvalue weighted by atomic mass is 10.3. The largest absolute Gasteiger partial charge is 0.453 e. The Morgan fingerprint density at radius 3 is 2.25 bits per heavy atom. The minimum absolute atomic E-state index is 0.599. The Kier molecular flexibility index (Phi) is 3.79. The fraction of sp³-hybridized carbons (Fsp3) is 0.571. The Labute approximate surface area is 68.0 Å². The third-order valence-corrected chi connectivity index (χ3v) is 0.785. The molecule has 0 radical (unpaired) electrons. The van der Waals surface area contributed by atoms with E-state index in [2.05, 4.69) is 4.74 Å². The molecule has 0 saturated carbocycles. The van der Waals surface area contributed by atoms with Gasteiger partial charge >= 0.3 is 12.1 Å². The van der Waals surface area contributed by atoms with Crippen molar-refractivity contribution in [2.75, 3.05) is 6.61 Å². The van der Waals surface area contributed by atoms with Crippen LogP contribution >= 0.6 is 0 Å². The molecule has 0 fully saturated rings. The SMILES string of the molecule is CC(C)=CC(=O)OCC(F)(F)F. The molecular weight excluding hydrogens is 173 g/mol. The number of esters is 1. The molecule has 5 heteroatoms. The normalized spacial score (nSPS) is 10.8. The zero-order chi connectivity index (χ0) is 9.78. The molecule has 0 aromatic rings. The first kappa shape index (κ1) is 11.0. The van der Waals surface area contributed by atoms with Crippen molar-refractivity contribution in [3.05, 3.63) is 11.6 Å². The van der Waals surface area contributed by atoms with Gasteiger partial charge in [0, 0.05) is 6.08 Å². The summed E-state index contributed by atoms with van der Waals surface area (Å²) in [5.41, 5.74) is 0.599. The topological polar surface area (TPSA) is 26.3 Å². The maximum Gasteiger partial charge on any atom is 0.422 e. The second-order valence-corrected chi connectivity index (χ2v) is 2.44. The monoisotopic (exact) mass is 182 g/mol. The highest BCUT2D eigenvalue weighted by Gasteiger charge is 2.29. The maximum absolute atomic E-state index is 11.5. The zero-order valence-electron chi connectivity index (χ0n) is 6.73. The second-order valence-electron chi connectivity index (χ2n) is 2.44. The summed E-state index contributed by atoms with van der Waals surface area (Å²) < 4.78 is 38.2. The van der Waals surface area contributed by atoms with Crippen molar-refractivity contribution < 1.29 is 22.7 Å². The number of carbonyl (C=O) groups excluding carboxylic acids is 1. The molecule has 0 aromatic carbocycles. The molecule has 2 nitrogen and oxygen atoms in total. The summed E-state index contributed by atoms with van der Waals surface area (Å²) in [5.74, 6) is -0.965. The van der Waals surface area contributed by atoms with E-state index in [1.165, 1.54) is 0 Å². The number of ether oxygens (including phenoxy) is 1. The first-order chi connectivity index (χ1) is 5.31. The minimum atomic E-state index is -4.45. The summed E-state index contributed by atoms with van der Waals surface area (Å²) in [5, 5.41) is 0. The summed E-state index contributed by atoms with van der Waals surface area (Å²) in [6.07, 6.45) is -3.45. The summed E-state index contributed by atoms with van der Waals surface area (Å²) in [4.78, 5) is 10.5. The van der Waals surface area contributed by atoms with E-state index in [9.17, 15) is 18.0 Å². The molecule has 0 aliphatic carbocycles. The lowest BCUT2D eigenvalue weighted by Crippen LogP contribution is -2.19. The van der Waals surface area contributed by atoms with Gasteiger partial charge in [-0.1, -0.05) is 5.57 Å². The lowest BCUT2D eigenvalue weighted by molar-refractivity contribution is -0.182. The zero-order valence-corrected chi connectivity index (χ0v) is 6.73. The third kappa shape index (κ3) is 7.11. The van der Waals surface area contributed by atoms with Crippen molar-refractivity contribution in [3.8, 4) is 0 Å². The van der Waals surface area contributed by atoms with Gasteiger partial charge in [-0.2, -0.15) is 13.2 Å². The van der Waals surface area contributed by atoms with Crippen LogP contribution in [0, 0.1) is 0 Å². The summed E-state index contributed by atoms with van der Waals surface area (Å²) in [6.45, 7) is 1.65. The van der Waals surface area contributed by atoms with E-state index in [1.54, 1.807) is 13.8 Å². The molecule has 0 aliphatic heterocycles. The predicted octanol–water partition coefficient (Wildman–Crippen LogP) is 2.06. The van der Waals surface area contributed by atoms with Crippen LogP contribution in [0.1, 0.15) is 13.8 Å². The number of hydrogen-bond donors (Lipinski definition) is 0. The quantitative estimate of drug-likeness (QED) is 0.482. The van der Waals surface area contributed by atoms with Crippen LogP contribution in [0.25, 0.3) is 0 Å². The first-order valence-corrected chi connectivity index (χ1v) is 3.19. The number of halogens is 3. The van der Waals surface area contributed by atoms with Gasteiger partial charge in [0.2, 0.25) is 0 Å². The van der Waals surface area contributed by atoms with Gasteiger partial charge in [0.05, 0.1) is 0 Å². The summed E-state index contributed by atoms with van der Waals surface area (Å²) >= 11 is 0. The van der Waals surface area contributed by atoms with Crippen LogP contribution < -0.4 is 0 Å². The molecule has 0 aliphatic rings. The van der Waals surface area contributed by atoms with Gasteiger partial charge in [0.15, 0.2) is 6.61 Å². The van der Waals surface area contributed by atoms with E-state index >= 15 is 0 Å². The Hall–Kier alpha value is -1.00. The Bertz CT molecular complexity index is 189. The van der Waals surface area contributed by atoms with Crippen molar-refractivity contribution in [2.24, 2.45) is 0 Å². The number of alkyl halides is 3. The highest BCUT2D eigenvalue weighted by atomic mass is 19.4. The molecule has 0 heterocycles. The predicted molar refractivity (Wildman–Crippen MR) is 36.4 cm³/mol. The Balaban J connectivity index is 3.81. The van der Waals surface area contributed by atoms with Crippen LogP contribution in [-0.4, -0.2) is 18.8 Å². The van der Waals surface area contributed by atoms with Crippen LogP contribution in [0.4, 0.5) is 13.2 Å². The smallest absolute Gasteiger partial charge is 0.422 e. The van der Waals surface area contributed by atoms with Crippen LogP contribution in [0.15, 0.2) is 11.6 Å². The molecule has 0 amide bonds. The molecule has 0 spiro atoms. The lowest BCUT2D eigenvalue weighted by Gasteiger charge is -2.05. The summed E-state index contributed by atoms with van der Waals surface area (Å²) in [7, 11) is 0. The number of rotatable bonds is 2. The van der Waals surface area contributed by atoms with Crippen molar-refractivity contribution in [1.29, 1.82) is 0 Å². The Morgan fingerprint density at radius 2 is 1.92 bits per heavy atom. The van der Waals surface area contributed by atoms with E-state index < -0.39 is 18.8 Å². The standard InChI is InChI=1S/C7H9F3O2/c1-5(2)3-6(11)12-4-7(8,9)10/h3H,4H2,1-2H3. The number of allylic oxidation sites excluding steroid dienone is 1. The molecule has 0 rings (SSSR count). The fourth-order valence-corrected chi connectivity index (χ4v) is 0.430. The first-order valence-electron chi connectivity index (χ1n) is 3.19. The van der Waals surface area contributed by atoms with E-state index in [4.69, 9.17) is 0 Å². The van der Waals surface area contributed by atoms with Gasteiger partial charge in [-0.25, -0.2) is 4.79 Å². The molecule has 0 aromatic heterocycles. The molecule has 0 N–H and O–H groups in total. The van der Waals surface area contributed by atoms with Gasteiger partial charge in [0.25, 0.3) is 0 Å². The van der Waals surface area contributed by atoms with Crippen molar-refractivity contribution in [3.63, 3.8) is 0 Å². The average Bonchev–Trinajstić information content (AvgIpc) is 1.80. The van der Waals surface area contributed by atoms with E-state index in [0.29, 0.717) is 5.57 Å². The minimum Gasteiger partial charge on any atom is -0.453 e. The highest BCUT2D eigenvalue weighted by Crippen LogP contribution is 2.14. The molecule has 0 unspecified atom stereocenters. The molecule has 0 saturated heterocycles. The van der Waals surface area contributed by atoms with E-state index in [-0.39, 0.29) is 0 Å². The summed E-state index contributed by atoms with van der Waals surface area (Å²) in [6, 6.07) is 0. The molecular formula is C7H9F3O2. The number of hydrogen-bond acceptors (Lipinski definition) is 2. The van der Waals surface area contributed by atoms with Gasteiger partial charge < -0.3 is 4.74 Å². The van der Waals surface area contributed by atoms with Gasteiger partial charge in [-0.05, 0) is 13.8 Å². The van der Waals surface area contributed by atoms with Crippen molar-refractivity contribution in [2.45, 2.75) is 20.0 Å². The highest BCUT2D eigenvalue weighted by molar-refractivity contribution is 5.82. The van der Waals surface area contributed by atoms with Gasteiger partial charge in [-0.15, -0.1) is 0 Å². The van der Waals surface area contributed by atoms with Gasteiger partial charge in [0.1, 0.15) is 0 Å². The molecule has 70 valence electrons. The second kappa shape index (κ2) is 4.13. The third-order valence-electron chi connectivity index (χ3n) is 0.785.